The van der Waals surface area contributed by atoms with Crippen LogP contribution in [-0.4, -0.2) is 54.7 Å². The first-order valence-corrected chi connectivity index (χ1v) is 8.55. The summed E-state index contributed by atoms with van der Waals surface area (Å²) >= 11 is 0. The summed E-state index contributed by atoms with van der Waals surface area (Å²) in [5.74, 6) is 0.192. The lowest BCUT2D eigenvalue weighted by molar-refractivity contribution is -0.124. The molecule has 1 atom stereocenters. The Morgan fingerprint density at radius 2 is 1.78 bits per heavy atom. The second-order valence-electron chi connectivity index (χ2n) is 7.91. The molecule has 1 heterocycles. The van der Waals surface area contributed by atoms with Gasteiger partial charge in [-0.1, -0.05) is 13.8 Å². The van der Waals surface area contributed by atoms with Crippen LogP contribution in [0.15, 0.2) is 0 Å². The summed E-state index contributed by atoms with van der Waals surface area (Å²) in [7, 11) is 2.09. The molecule has 0 aromatic heterocycles. The zero-order valence-electron chi connectivity index (χ0n) is 15.4. The Bertz CT molecular complexity index is 396. The second-order valence-corrected chi connectivity index (χ2v) is 7.91. The molecule has 2 N–H and O–H groups in total. The molecule has 6 nitrogen and oxygen atoms in total. The van der Waals surface area contributed by atoms with Crippen LogP contribution >= 0.6 is 0 Å². The van der Waals surface area contributed by atoms with Crippen LogP contribution in [0.4, 0.5) is 4.79 Å². The van der Waals surface area contributed by atoms with E-state index in [4.69, 9.17) is 4.74 Å². The van der Waals surface area contributed by atoms with Gasteiger partial charge in [0.25, 0.3) is 0 Å². The number of ether oxygens (including phenoxy) is 1. The monoisotopic (exact) mass is 327 g/mol. The molecule has 0 spiro atoms. The SMILES string of the molecule is CC(C)C[C@H](NC(=O)OC(C)(C)C)C(=O)NC1CCN(C)CC1. The van der Waals surface area contributed by atoms with Crippen molar-refractivity contribution in [2.75, 3.05) is 20.1 Å². The summed E-state index contributed by atoms with van der Waals surface area (Å²) in [6.45, 7) is 11.5. The minimum atomic E-state index is -0.573. The van der Waals surface area contributed by atoms with E-state index in [-0.39, 0.29) is 11.9 Å². The average molecular weight is 327 g/mol. The molecule has 1 aliphatic rings. The minimum absolute atomic E-state index is 0.112. The van der Waals surface area contributed by atoms with Gasteiger partial charge in [-0.15, -0.1) is 0 Å². The van der Waals surface area contributed by atoms with Gasteiger partial charge in [0.05, 0.1) is 0 Å². The highest BCUT2D eigenvalue weighted by atomic mass is 16.6. The van der Waals surface area contributed by atoms with Crippen LogP contribution in [0.2, 0.25) is 0 Å². The number of amides is 2. The number of alkyl carbamates (subject to hydrolysis) is 1. The average Bonchev–Trinajstić information content (AvgIpc) is 2.38. The number of piperidine rings is 1. The lowest BCUT2D eigenvalue weighted by Gasteiger charge is -2.31. The smallest absolute Gasteiger partial charge is 0.408 e. The van der Waals surface area contributed by atoms with Crippen molar-refractivity contribution in [3.05, 3.63) is 0 Å². The van der Waals surface area contributed by atoms with E-state index in [2.05, 4.69) is 22.6 Å². The number of nitrogens with zero attached hydrogens (tertiary/aromatic N) is 1. The zero-order chi connectivity index (χ0) is 17.6. The van der Waals surface area contributed by atoms with Gasteiger partial charge in [0.1, 0.15) is 11.6 Å². The third-order valence-electron chi connectivity index (χ3n) is 3.78. The first-order valence-electron chi connectivity index (χ1n) is 8.55. The normalized spacial score (nSPS) is 18.6. The number of nitrogens with one attached hydrogen (secondary N) is 2. The van der Waals surface area contributed by atoms with E-state index in [1.807, 2.05) is 34.6 Å². The Morgan fingerprint density at radius 3 is 2.26 bits per heavy atom. The minimum Gasteiger partial charge on any atom is -0.444 e. The highest BCUT2D eigenvalue weighted by Crippen LogP contribution is 2.12. The first-order chi connectivity index (χ1) is 10.6. The molecule has 0 unspecified atom stereocenters. The molecular weight excluding hydrogens is 294 g/mol. The van der Waals surface area contributed by atoms with E-state index in [1.54, 1.807) is 0 Å². The van der Waals surface area contributed by atoms with Gasteiger partial charge in [-0.2, -0.15) is 0 Å². The van der Waals surface area contributed by atoms with Gasteiger partial charge in [-0.05, 0) is 66.1 Å². The van der Waals surface area contributed by atoms with E-state index in [0.29, 0.717) is 12.3 Å². The van der Waals surface area contributed by atoms with Crippen molar-refractivity contribution in [1.29, 1.82) is 0 Å². The maximum absolute atomic E-state index is 12.5. The van der Waals surface area contributed by atoms with E-state index in [0.717, 1.165) is 25.9 Å². The molecular formula is C17H33N3O3. The molecule has 1 rings (SSSR count). The Morgan fingerprint density at radius 1 is 1.22 bits per heavy atom. The fourth-order valence-electron chi connectivity index (χ4n) is 2.61. The molecule has 6 heteroatoms. The van der Waals surface area contributed by atoms with Crippen molar-refractivity contribution in [2.45, 2.75) is 71.6 Å². The molecule has 1 fully saturated rings. The summed E-state index contributed by atoms with van der Waals surface area (Å²) in [5.41, 5.74) is -0.573. The van der Waals surface area contributed by atoms with E-state index < -0.39 is 17.7 Å². The number of hydrogen-bond donors (Lipinski definition) is 2. The predicted molar refractivity (Wildman–Crippen MR) is 91.3 cm³/mol. The summed E-state index contributed by atoms with van der Waals surface area (Å²) < 4.78 is 5.27. The first kappa shape index (κ1) is 19.7. The topological polar surface area (TPSA) is 70.7 Å². The fraction of sp³-hybridized carbons (Fsp3) is 0.882. The molecule has 23 heavy (non-hydrogen) atoms. The van der Waals surface area contributed by atoms with Gasteiger partial charge in [-0.25, -0.2) is 4.79 Å². The second kappa shape index (κ2) is 8.52. The van der Waals surface area contributed by atoms with Crippen LogP contribution in [-0.2, 0) is 9.53 Å². The maximum atomic E-state index is 12.5. The van der Waals surface area contributed by atoms with E-state index >= 15 is 0 Å². The molecule has 2 amide bonds. The fourth-order valence-corrected chi connectivity index (χ4v) is 2.61. The van der Waals surface area contributed by atoms with E-state index in [1.165, 1.54) is 0 Å². The number of likely N-dealkylation sites (tertiary alicyclic amines) is 1. The summed E-state index contributed by atoms with van der Waals surface area (Å²) in [6.07, 6.45) is 1.95. The maximum Gasteiger partial charge on any atom is 0.408 e. The summed E-state index contributed by atoms with van der Waals surface area (Å²) in [5, 5.41) is 5.80. The molecule has 0 bridgehead atoms. The molecule has 0 aromatic carbocycles. The highest BCUT2D eigenvalue weighted by molar-refractivity contribution is 5.85. The molecule has 0 radical (unpaired) electrons. The Hall–Kier alpha value is -1.30. The lowest BCUT2D eigenvalue weighted by Crippen LogP contribution is -2.52. The molecule has 1 saturated heterocycles. The van der Waals surface area contributed by atoms with Crippen molar-refractivity contribution in [3.8, 4) is 0 Å². The van der Waals surface area contributed by atoms with Crippen LogP contribution in [0.1, 0.15) is 53.9 Å². The van der Waals surface area contributed by atoms with Crippen LogP contribution in [0.25, 0.3) is 0 Å². The molecule has 1 aliphatic heterocycles. The third kappa shape index (κ3) is 8.21. The van der Waals surface area contributed by atoms with Gasteiger partial charge in [-0.3, -0.25) is 4.79 Å². The Balaban J connectivity index is 2.58. The van der Waals surface area contributed by atoms with Crippen LogP contribution < -0.4 is 10.6 Å². The number of hydrogen-bond acceptors (Lipinski definition) is 4. The Labute approximate surface area is 140 Å². The molecule has 0 saturated carbocycles. The number of carbonyl (C=O) groups is 2. The number of carbonyl (C=O) groups excluding carboxylic acids is 2. The van der Waals surface area contributed by atoms with Crippen molar-refractivity contribution in [2.24, 2.45) is 5.92 Å². The van der Waals surface area contributed by atoms with Crippen LogP contribution in [0.5, 0.6) is 0 Å². The van der Waals surface area contributed by atoms with Crippen LogP contribution in [0.3, 0.4) is 0 Å². The van der Waals surface area contributed by atoms with Crippen molar-refractivity contribution < 1.29 is 14.3 Å². The lowest BCUT2D eigenvalue weighted by atomic mass is 10.0. The Kier molecular flexibility index (Phi) is 7.32. The third-order valence-corrected chi connectivity index (χ3v) is 3.78. The van der Waals surface area contributed by atoms with Crippen molar-refractivity contribution in [3.63, 3.8) is 0 Å². The predicted octanol–water partition coefficient (Wildman–Crippen LogP) is 2.14. The van der Waals surface area contributed by atoms with E-state index in [9.17, 15) is 9.59 Å². The van der Waals surface area contributed by atoms with Gasteiger partial charge < -0.3 is 20.3 Å². The van der Waals surface area contributed by atoms with Crippen molar-refractivity contribution >= 4 is 12.0 Å². The van der Waals surface area contributed by atoms with Crippen LogP contribution in [0, 0.1) is 5.92 Å². The standard InChI is InChI=1S/C17H33N3O3/c1-12(2)11-14(19-16(22)23-17(3,4)5)15(21)18-13-7-9-20(6)10-8-13/h12-14H,7-11H2,1-6H3,(H,18,21)(H,19,22)/t14-/m0/s1. The largest absolute Gasteiger partial charge is 0.444 e. The summed E-state index contributed by atoms with van der Waals surface area (Å²) in [4.78, 5) is 26.8. The molecule has 0 aliphatic carbocycles. The van der Waals surface area contributed by atoms with Gasteiger partial charge in [0.2, 0.25) is 5.91 Å². The van der Waals surface area contributed by atoms with Gasteiger partial charge in [0.15, 0.2) is 0 Å². The molecule has 0 aromatic rings. The van der Waals surface area contributed by atoms with Gasteiger partial charge in [0, 0.05) is 6.04 Å². The highest BCUT2D eigenvalue weighted by Gasteiger charge is 2.27. The van der Waals surface area contributed by atoms with Gasteiger partial charge >= 0.3 is 6.09 Å². The molecule has 134 valence electrons. The van der Waals surface area contributed by atoms with Crippen molar-refractivity contribution in [1.82, 2.24) is 15.5 Å². The quantitative estimate of drug-likeness (QED) is 0.811. The summed E-state index contributed by atoms with van der Waals surface area (Å²) in [6, 6.07) is -0.363. The number of rotatable bonds is 5. The zero-order valence-corrected chi connectivity index (χ0v) is 15.4.